The molecule has 7 nitrogen and oxygen atoms in total. The first-order valence-corrected chi connectivity index (χ1v) is 6.98. The smallest absolute Gasteiger partial charge is 0.338 e. The number of esters is 1. The van der Waals surface area contributed by atoms with E-state index in [1.54, 1.807) is 19.1 Å². The number of hydrogen-bond donors (Lipinski definition) is 3. The highest BCUT2D eigenvalue weighted by Gasteiger charge is 2.25. The van der Waals surface area contributed by atoms with Gasteiger partial charge in [0.05, 0.1) is 23.2 Å². The van der Waals surface area contributed by atoms with E-state index in [9.17, 15) is 19.5 Å². The van der Waals surface area contributed by atoms with Crippen molar-refractivity contribution in [1.29, 1.82) is 0 Å². The summed E-state index contributed by atoms with van der Waals surface area (Å²) in [5, 5.41) is 8.65. The van der Waals surface area contributed by atoms with E-state index in [-0.39, 0.29) is 18.9 Å². The summed E-state index contributed by atoms with van der Waals surface area (Å²) >= 11 is 3.61. The third-order valence-electron chi connectivity index (χ3n) is 3.02. The van der Waals surface area contributed by atoms with Crippen molar-refractivity contribution in [2.45, 2.75) is 19.3 Å². The number of rotatable bonds is 6. The molecule has 116 valence electrons. The zero-order chi connectivity index (χ0) is 16.3. The number of carbonyl (C=O) groups excluding carboxylic acids is 2. The molecular formula is C14H14N2O5S. The van der Waals surface area contributed by atoms with Crippen LogP contribution in [0.25, 0.3) is 11.0 Å². The first-order valence-electron chi connectivity index (χ1n) is 6.53. The second kappa shape index (κ2) is 6.61. The van der Waals surface area contributed by atoms with E-state index in [4.69, 9.17) is 4.74 Å². The van der Waals surface area contributed by atoms with Crippen molar-refractivity contribution in [3.63, 3.8) is 0 Å². The Balaban J connectivity index is 2.39. The van der Waals surface area contributed by atoms with Gasteiger partial charge in [-0.05, 0) is 25.1 Å². The molecule has 1 aromatic heterocycles. The van der Waals surface area contributed by atoms with Gasteiger partial charge in [-0.2, -0.15) is 0 Å². The summed E-state index contributed by atoms with van der Waals surface area (Å²) < 4.78 is 4.90. The second-order valence-electron chi connectivity index (χ2n) is 4.56. The van der Waals surface area contributed by atoms with E-state index >= 15 is 0 Å². The Labute approximate surface area is 131 Å². The third kappa shape index (κ3) is 3.45. The normalized spacial score (nSPS) is 12.1. The van der Waals surface area contributed by atoms with Gasteiger partial charge < -0.3 is 14.8 Å². The number of carboxylic acids is 1. The maximum absolute atomic E-state index is 11.7. The van der Waals surface area contributed by atoms with E-state index in [1.807, 2.05) is 0 Å². The van der Waals surface area contributed by atoms with Crippen LogP contribution in [0.5, 0.6) is 0 Å². The number of H-pyrrole nitrogens is 1. The first-order chi connectivity index (χ1) is 10.4. The molecule has 22 heavy (non-hydrogen) atoms. The van der Waals surface area contributed by atoms with Crippen LogP contribution < -0.4 is 0 Å². The van der Waals surface area contributed by atoms with E-state index in [0.29, 0.717) is 16.6 Å². The molecule has 1 unspecified atom stereocenters. The Morgan fingerprint density at radius 1 is 1.41 bits per heavy atom. The number of thiol groups is 1. The van der Waals surface area contributed by atoms with Crippen molar-refractivity contribution in [2.24, 2.45) is 0 Å². The average molecular weight is 322 g/mol. The minimum Gasteiger partial charge on any atom is -0.481 e. The molecule has 2 rings (SSSR count). The minimum absolute atomic E-state index is 0.144. The van der Waals surface area contributed by atoms with Crippen LogP contribution in [-0.4, -0.2) is 38.7 Å². The molecule has 8 heteroatoms. The minimum atomic E-state index is -1.17. The van der Waals surface area contributed by atoms with Gasteiger partial charge >= 0.3 is 11.9 Å². The maximum atomic E-state index is 11.7. The Kier molecular flexibility index (Phi) is 4.81. The van der Waals surface area contributed by atoms with E-state index in [1.165, 1.54) is 6.07 Å². The number of hydrogen-bond acceptors (Lipinski definition) is 5. The molecule has 0 amide bonds. The summed E-state index contributed by atoms with van der Waals surface area (Å²) in [6.45, 7) is 1.97. The summed E-state index contributed by atoms with van der Waals surface area (Å²) in [5.74, 6) is -2.61. The van der Waals surface area contributed by atoms with E-state index in [2.05, 4.69) is 22.6 Å². The van der Waals surface area contributed by atoms with Gasteiger partial charge in [0.1, 0.15) is 11.7 Å². The summed E-state index contributed by atoms with van der Waals surface area (Å²) in [7, 11) is 0. The molecule has 0 fully saturated rings. The Morgan fingerprint density at radius 2 is 2.14 bits per heavy atom. The quantitative estimate of drug-likeness (QED) is 0.552. The van der Waals surface area contributed by atoms with Gasteiger partial charge in [-0.25, -0.2) is 9.78 Å². The largest absolute Gasteiger partial charge is 0.481 e. The predicted molar refractivity (Wildman–Crippen MR) is 81.0 cm³/mol. The van der Waals surface area contributed by atoms with Gasteiger partial charge in [0, 0.05) is 6.42 Å². The zero-order valence-corrected chi connectivity index (χ0v) is 12.6. The number of ether oxygens (including phenoxy) is 1. The molecule has 2 N–H and O–H groups in total. The van der Waals surface area contributed by atoms with Crippen molar-refractivity contribution in [2.75, 3.05) is 6.61 Å². The fraction of sp³-hybridized carbons (Fsp3) is 0.286. The zero-order valence-electron chi connectivity index (χ0n) is 11.7. The predicted octanol–water partition coefficient (Wildman–Crippen LogP) is 1.75. The molecule has 1 aromatic carbocycles. The topological polar surface area (TPSA) is 109 Å². The number of nitrogens with one attached hydrogen (secondary N) is 1. The molecule has 2 aromatic rings. The molecule has 0 aliphatic heterocycles. The molecule has 0 saturated heterocycles. The van der Waals surface area contributed by atoms with Crippen molar-refractivity contribution >= 4 is 40.7 Å². The van der Waals surface area contributed by atoms with Crippen LogP contribution in [0.2, 0.25) is 0 Å². The molecule has 1 heterocycles. The molecule has 0 bridgehead atoms. The highest BCUT2D eigenvalue weighted by molar-refractivity contribution is 7.96. The lowest BCUT2D eigenvalue weighted by molar-refractivity contribution is -0.140. The van der Waals surface area contributed by atoms with Gasteiger partial charge in [-0.1, -0.05) is 0 Å². The summed E-state index contributed by atoms with van der Waals surface area (Å²) in [6, 6.07) is 4.67. The first kappa shape index (κ1) is 16.0. The number of aromatic nitrogens is 2. The van der Waals surface area contributed by atoms with Gasteiger partial charge in [0.25, 0.3) is 0 Å². The molecule has 1 atom stereocenters. The number of fused-ring (bicyclic) bond motifs is 1. The Hall–Kier alpha value is -2.35. The summed E-state index contributed by atoms with van der Waals surface area (Å²) in [5.41, 5.74) is 1.33. The number of nitrogens with zero attached hydrogens (tertiary/aromatic N) is 1. The van der Waals surface area contributed by atoms with Crippen LogP contribution in [-0.2, 0) is 14.3 Å². The van der Waals surface area contributed by atoms with Crippen molar-refractivity contribution in [3.05, 3.63) is 29.6 Å². The van der Waals surface area contributed by atoms with Crippen molar-refractivity contribution < 1.29 is 24.2 Å². The Morgan fingerprint density at radius 3 is 2.73 bits per heavy atom. The number of imidazole rings is 1. The van der Waals surface area contributed by atoms with Gasteiger partial charge in [-0.15, -0.1) is 12.6 Å². The highest BCUT2D eigenvalue weighted by atomic mass is 32.1. The standard InChI is InChI=1S/C14H14N2O5S/c1-2-21-14(20)7-3-4-9-10(5-7)16-12(15-9)8(13(18)19)6-11(17)22/h3-5,8H,2,6H2,1H3,(H,15,16)(H,17,22)(H,18,19). The van der Waals surface area contributed by atoms with Crippen molar-refractivity contribution in [3.8, 4) is 0 Å². The van der Waals surface area contributed by atoms with Gasteiger partial charge in [0.2, 0.25) is 0 Å². The van der Waals surface area contributed by atoms with Crippen LogP contribution in [0.1, 0.15) is 35.4 Å². The number of benzene rings is 1. The van der Waals surface area contributed by atoms with Crippen molar-refractivity contribution in [1.82, 2.24) is 9.97 Å². The van der Waals surface area contributed by atoms with Crippen LogP contribution in [0.4, 0.5) is 0 Å². The lowest BCUT2D eigenvalue weighted by atomic mass is 10.1. The monoisotopic (exact) mass is 322 g/mol. The third-order valence-corrected chi connectivity index (χ3v) is 3.20. The molecule has 0 radical (unpaired) electrons. The highest BCUT2D eigenvalue weighted by Crippen LogP contribution is 2.23. The number of aliphatic carboxylic acids is 1. The SMILES string of the molecule is CCOC(=O)c1ccc2nc(C(CC(=O)S)C(=O)O)[nH]c2c1. The second-order valence-corrected chi connectivity index (χ2v) is 5.06. The number of carbonyl (C=O) groups is 3. The fourth-order valence-electron chi connectivity index (χ4n) is 2.01. The van der Waals surface area contributed by atoms with Crippen LogP contribution in [0.15, 0.2) is 18.2 Å². The molecule has 0 aliphatic rings. The van der Waals surface area contributed by atoms with Crippen LogP contribution >= 0.6 is 12.6 Å². The van der Waals surface area contributed by atoms with E-state index < -0.39 is 23.0 Å². The Bertz CT molecular complexity index is 740. The van der Waals surface area contributed by atoms with Gasteiger partial charge in [0.15, 0.2) is 5.12 Å². The van der Waals surface area contributed by atoms with Crippen LogP contribution in [0, 0.1) is 0 Å². The molecule has 0 spiro atoms. The average Bonchev–Trinajstić information content (AvgIpc) is 2.86. The summed E-state index contributed by atoms with van der Waals surface area (Å²) in [6.07, 6.45) is -0.275. The molecule has 0 saturated carbocycles. The lowest BCUT2D eigenvalue weighted by Gasteiger charge is -2.05. The van der Waals surface area contributed by atoms with Crippen LogP contribution in [0.3, 0.4) is 0 Å². The van der Waals surface area contributed by atoms with Gasteiger partial charge in [-0.3, -0.25) is 9.59 Å². The number of carboxylic acid groups (broad SMARTS) is 1. The maximum Gasteiger partial charge on any atom is 0.338 e. The number of aromatic amines is 1. The van der Waals surface area contributed by atoms with E-state index in [0.717, 1.165) is 0 Å². The fourth-order valence-corrected chi connectivity index (χ4v) is 2.19. The molecule has 0 aliphatic carbocycles. The lowest BCUT2D eigenvalue weighted by Crippen LogP contribution is -2.15. The summed E-state index contributed by atoms with van der Waals surface area (Å²) in [4.78, 5) is 41.0. The molecular weight excluding hydrogens is 308 g/mol.